The van der Waals surface area contributed by atoms with Gasteiger partial charge in [-0.05, 0) is 135 Å². The lowest BCUT2D eigenvalue weighted by molar-refractivity contribution is -0.161. The van der Waals surface area contributed by atoms with Gasteiger partial charge >= 0.3 is 39.5 Å². The van der Waals surface area contributed by atoms with Gasteiger partial charge in [-0.3, -0.25) is 37.3 Å². The maximum Gasteiger partial charge on any atom is 0.472 e. The van der Waals surface area contributed by atoms with Gasteiger partial charge in [0.05, 0.1) is 26.4 Å². The molecule has 0 aliphatic heterocycles. The monoisotopic (exact) mass is 1360 g/mol. The van der Waals surface area contributed by atoms with E-state index < -0.39 is 97.5 Å². The number of hydrogen-bond donors (Lipinski definition) is 3. The van der Waals surface area contributed by atoms with Crippen molar-refractivity contribution in [3.63, 3.8) is 0 Å². The predicted molar refractivity (Wildman–Crippen MR) is 381 cm³/mol. The van der Waals surface area contributed by atoms with Crippen molar-refractivity contribution in [1.82, 2.24) is 0 Å². The van der Waals surface area contributed by atoms with Crippen LogP contribution in [0.1, 0.15) is 297 Å². The van der Waals surface area contributed by atoms with Crippen LogP contribution in [-0.2, 0) is 65.4 Å². The fourth-order valence-electron chi connectivity index (χ4n) is 9.40. The number of unbranched alkanes of at least 4 members (excludes halogenated alkanes) is 26. The Hall–Kier alpha value is -4.02. The van der Waals surface area contributed by atoms with Crippen molar-refractivity contribution in [2.75, 3.05) is 39.6 Å². The van der Waals surface area contributed by atoms with Crippen molar-refractivity contribution in [2.45, 2.75) is 316 Å². The fourth-order valence-corrected chi connectivity index (χ4v) is 11.0. The second-order valence-corrected chi connectivity index (χ2v) is 27.0. The summed E-state index contributed by atoms with van der Waals surface area (Å²) in [6.45, 7) is 4.56. The van der Waals surface area contributed by atoms with E-state index >= 15 is 0 Å². The van der Waals surface area contributed by atoms with Gasteiger partial charge in [-0.2, -0.15) is 0 Å². The number of esters is 4. The van der Waals surface area contributed by atoms with E-state index in [2.05, 4.69) is 125 Å². The Bertz CT molecular complexity index is 2170. The summed E-state index contributed by atoms with van der Waals surface area (Å²) in [6.07, 6.45) is 68.4. The number of phosphoric ester groups is 2. The average Bonchev–Trinajstić information content (AvgIpc) is 1.35. The minimum Gasteiger partial charge on any atom is -0.462 e. The normalized spacial score (nSPS) is 14.6. The summed E-state index contributed by atoms with van der Waals surface area (Å²) in [6, 6.07) is 0. The Labute approximate surface area is 569 Å². The first-order valence-corrected chi connectivity index (χ1v) is 39.5. The Balaban J connectivity index is 5.34. The second-order valence-electron chi connectivity index (χ2n) is 24.1. The summed E-state index contributed by atoms with van der Waals surface area (Å²) < 4.78 is 68.3. The molecule has 0 rings (SSSR count). The third-order valence-electron chi connectivity index (χ3n) is 15.0. The number of ether oxygens (including phenoxy) is 4. The summed E-state index contributed by atoms with van der Waals surface area (Å²) in [5.74, 6) is -2.23. The molecule has 5 atom stereocenters. The number of aliphatic hydroxyl groups excluding tert-OH is 1. The largest absolute Gasteiger partial charge is 0.472 e. The van der Waals surface area contributed by atoms with E-state index in [9.17, 15) is 43.2 Å². The molecule has 542 valence electrons. The van der Waals surface area contributed by atoms with Gasteiger partial charge in [-0.1, -0.05) is 234 Å². The number of rotatable bonds is 68. The zero-order valence-electron chi connectivity index (χ0n) is 58.9. The zero-order valence-corrected chi connectivity index (χ0v) is 60.7. The predicted octanol–water partition coefficient (Wildman–Crippen LogP) is 20.4. The number of aliphatic hydroxyl groups is 1. The molecule has 17 nitrogen and oxygen atoms in total. The molecular weight excluding hydrogens is 1230 g/mol. The van der Waals surface area contributed by atoms with Crippen LogP contribution in [0.4, 0.5) is 0 Å². The number of hydrogen-bond acceptors (Lipinski definition) is 15. The van der Waals surface area contributed by atoms with Crippen LogP contribution in [0.15, 0.2) is 97.2 Å². The van der Waals surface area contributed by atoms with Crippen LogP contribution in [-0.4, -0.2) is 96.7 Å². The van der Waals surface area contributed by atoms with E-state index in [-0.39, 0.29) is 25.7 Å². The van der Waals surface area contributed by atoms with Gasteiger partial charge in [0.25, 0.3) is 0 Å². The van der Waals surface area contributed by atoms with E-state index in [1.807, 2.05) is 0 Å². The zero-order chi connectivity index (χ0) is 69.0. The first-order valence-electron chi connectivity index (χ1n) is 36.5. The van der Waals surface area contributed by atoms with Crippen LogP contribution in [0.5, 0.6) is 0 Å². The lowest BCUT2D eigenvalue weighted by Crippen LogP contribution is -2.30. The molecule has 3 N–H and O–H groups in total. The Morgan fingerprint density at radius 1 is 0.309 bits per heavy atom. The summed E-state index contributed by atoms with van der Waals surface area (Å²) >= 11 is 0. The molecule has 0 amide bonds. The number of carbonyl (C=O) groups is 4. The van der Waals surface area contributed by atoms with Gasteiger partial charge in [0.1, 0.15) is 19.3 Å². The van der Waals surface area contributed by atoms with Gasteiger partial charge in [0.15, 0.2) is 12.2 Å². The summed E-state index contributed by atoms with van der Waals surface area (Å²) in [7, 11) is -9.95. The number of allylic oxidation sites excluding steroid dienone is 16. The van der Waals surface area contributed by atoms with Gasteiger partial charge in [-0.15, -0.1) is 0 Å². The van der Waals surface area contributed by atoms with Gasteiger partial charge in [-0.25, -0.2) is 9.13 Å². The van der Waals surface area contributed by atoms with Crippen LogP contribution in [0.2, 0.25) is 0 Å². The van der Waals surface area contributed by atoms with Crippen molar-refractivity contribution in [2.24, 2.45) is 0 Å². The molecule has 0 heterocycles. The van der Waals surface area contributed by atoms with E-state index in [4.69, 9.17) is 37.0 Å². The first kappa shape index (κ1) is 90.0. The lowest BCUT2D eigenvalue weighted by atomic mass is 10.1. The fraction of sp³-hybridized carbons (Fsp3) is 0.733. The SMILES string of the molecule is CC/C=C\C/C=C\C/C=C\CCCCCCCC(=O)OCC(COP(=O)(O)OCC(O)COP(=O)(O)OCC(COC(=O)CCCCCCC/C=C\C/C=C\CCCCC)OC(=O)CCCCCCC/C=C\C/C=C\CCC)OC(=O)CCCCCCC/C=C\CCCC. The highest BCUT2D eigenvalue weighted by Gasteiger charge is 2.30. The van der Waals surface area contributed by atoms with Gasteiger partial charge in [0, 0.05) is 25.7 Å². The van der Waals surface area contributed by atoms with E-state index in [0.29, 0.717) is 25.7 Å². The van der Waals surface area contributed by atoms with Crippen LogP contribution in [0.25, 0.3) is 0 Å². The van der Waals surface area contributed by atoms with E-state index in [0.717, 1.165) is 186 Å². The number of carbonyl (C=O) groups excluding carboxylic acids is 4. The topological polar surface area (TPSA) is 237 Å². The molecule has 0 saturated heterocycles. The van der Waals surface area contributed by atoms with E-state index in [1.54, 1.807) is 0 Å². The molecule has 0 aromatic heterocycles. The second kappa shape index (κ2) is 67.5. The molecule has 19 heteroatoms. The molecule has 0 aromatic carbocycles. The van der Waals surface area contributed by atoms with Crippen molar-refractivity contribution in [1.29, 1.82) is 0 Å². The van der Waals surface area contributed by atoms with Crippen molar-refractivity contribution >= 4 is 39.5 Å². The Morgan fingerprint density at radius 3 is 0.936 bits per heavy atom. The first-order chi connectivity index (χ1) is 45.7. The van der Waals surface area contributed by atoms with Crippen molar-refractivity contribution in [3.8, 4) is 0 Å². The molecular formula is C75H130O17P2. The molecule has 0 bridgehead atoms. The highest BCUT2D eigenvalue weighted by Crippen LogP contribution is 2.45. The van der Waals surface area contributed by atoms with E-state index in [1.165, 1.54) is 32.1 Å². The molecule has 0 aromatic rings. The van der Waals surface area contributed by atoms with Gasteiger partial charge < -0.3 is 33.8 Å². The van der Waals surface area contributed by atoms with Crippen LogP contribution >= 0.6 is 15.6 Å². The molecule has 0 radical (unpaired) electrons. The quantitative estimate of drug-likeness (QED) is 0.0169. The van der Waals surface area contributed by atoms with Crippen LogP contribution in [0.3, 0.4) is 0 Å². The van der Waals surface area contributed by atoms with Crippen LogP contribution in [0, 0.1) is 0 Å². The third-order valence-corrected chi connectivity index (χ3v) is 16.9. The van der Waals surface area contributed by atoms with Crippen molar-refractivity contribution < 1.29 is 80.2 Å². The molecule has 5 unspecified atom stereocenters. The maximum absolute atomic E-state index is 13.0. The van der Waals surface area contributed by atoms with Crippen molar-refractivity contribution in [3.05, 3.63) is 97.2 Å². The highest BCUT2D eigenvalue weighted by atomic mass is 31.2. The molecule has 0 aliphatic carbocycles. The molecule has 0 fully saturated rings. The molecule has 0 spiro atoms. The van der Waals surface area contributed by atoms with Gasteiger partial charge in [0.2, 0.25) is 0 Å². The Morgan fingerprint density at radius 2 is 0.585 bits per heavy atom. The number of phosphoric acid groups is 2. The lowest BCUT2D eigenvalue weighted by Gasteiger charge is -2.21. The average molecular weight is 1370 g/mol. The maximum atomic E-state index is 13.0. The summed E-state index contributed by atoms with van der Waals surface area (Å²) in [5, 5.41) is 10.6. The summed E-state index contributed by atoms with van der Waals surface area (Å²) in [5.41, 5.74) is 0. The van der Waals surface area contributed by atoms with Crippen LogP contribution < -0.4 is 0 Å². The Kier molecular flexibility index (Phi) is 64.7. The molecule has 0 aliphatic rings. The molecule has 94 heavy (non-hydrogen) atoms. The minimum atomic E-state index is -4.98. The third kappa shape index (κ3) is 66.6. The highest BCUT2D eigenvalue weighted by molar-refractivity contribution is 7.47. The standard InChI is InChI=1S/C75H130O17P2/c1-5-9-13-17-21-25-29-32-34-37-40-43-47-51-55-59-72(77)85-65-70(91-74(79)61-57-53-49-45-39-28-24-20-16-12-8-4)67-89-93(81,82)87-63-69(76)64-88-94(83,84)90-68-71(92-75(80)62-58-54-50-46-42-36-31-27-23-19-15-11-7-3)66-86-73(78)60-56-52-48-44-41-38-35-33-30-26-22-18-14-10-6-2/h9,13,15,19-22,24-27,31-35,69-71,76H,5-8,10-12,14,16-18,23,28-30,36-68H2,1-4H3,(H,81,82)(H,83,84)/b13-9-,19-15-,24-20-,25-21-,26-22-,31-27-,34-32-,35-33-. The summed E-state index contributed by atoms with van der Waals surface area (Å²) in [4.78, 5) is 72.6. The minimum absolute atomic E-state index is 0.0753. The molecule has 0 saturated carbocycles. The smallest absolute Gasteiger partial charge is 0.462 e.